The first-order chi connectivity index (χ1) is 8.23. The Kier molecular flexibility index (Phi) is 3.72. The van der Waals surface area contributed by atoms with Crippen molar-refractivity contribution >= 4 is 30.3 Å². The summed E-state index contributed by atoms with van der Waals surface area (Å²) in [5.41, 5.74) is 0.218. The molecule has 0 amide bonds. The van der Waals surface area contributed by atoms with Crippen LogP contribution < -0.4 is 0 Å². The molecule has 1 heterocycles. The Morgan fingerprint density at radius 1 is 1.00 bits per heavy atom. The Bertz CT molecular complexity index is 424. The first-order valence-corrected chi connectivity index (χ1v) is 6.77. The molecule has 98 valence electrons. The van der Waals surface area contributed by atoms with Gasteiger partial charge in [0.25, 0.3) is 0 Å². The van der Waals surface area contributed by atoms with Crippen molar-refractivity contribution in [1.82, 2.24) is 0 Å². The Balaban J connectivity index is 2.18. The maximum Gasteiger partial charge on any atom is 0.462 e. The lowest BCUT2D eigenvalue weighted by atomic mass is 9.81. The Morgan fingerprint density at radius 2 is 1.44 bits per heavy atom. The van der Waals surface area contributed by atoms with Gasteiger partial charge in [0.05, 0.1) is 11.2 Å². The topological polar surface area (TPSA) is 18.5 Å². The quantitative estimate of drug-likeness (QED) is 0.760. The van der Waals surface area contributed by atoms with Gasteiger partial charge in [-0.05, 0) is 45.4 Å². The molecule has 1 saturated heterocycles. The van der Waals surface area contributed by atoms with Gasteiger partial charge in [-0.15, -0.1) is 0 Å². The van der Waals surface area contributed by atoms with E-state index in [1.807, 2.05) is 45.9 Å². The van der Waals surface area contributed by atoms with Crippen molar-refractivity contribution in [1.29, 1.82) is 0 Å². The lowest BCUT2D eigenvalue weighted by molar-refractivity contribution is 0.00578. The molecule has 1 fully saturated rings. The molecule has 0 spiro atoms. The van der Waals surface area contributed by atoms with Crippen molar-refractivity contribution in [2.75, 3.05) is 0 Å². The molecule has 0 atom stereocenters. The van der Waals surface area contributed by atoms with Gasteiger partial charge in [-0.1, -0.05) is 29.3 Å². The Labute approximate surface area is 119 Å². The van der Waals surface area contributed by atoms with Crippen LogP contribution in [0.5, 0.6) is 0 Å². The number of hydrogen-bond acceptors (Lipinski definition) is 2. The number of halogens is 2. The van der Waals surface area contributed by atoms with Gasteiger partial charge in [0.1, 0.15) is 0 Å². The molecule has 0 aromatic heterocycles. The average molecular weight is 287 g/mol. The van der Waals surface area contributed by atoms with Gasteiger partial charge in [0.15, 0.2) is 0 Å². The first kappa shape index (κ1) is 14.2. The molecule has 5 heteroatoms. The number of benzene rings is 1. The average Bonchev–Trinajstić information content (AvgIpc) is 2.42. The van der Waals surface area contributed by atoms with Crippen LogP contribution in [-0.2, 0) is 15.6 Å². The van der Waals surface area contributed by atoms with Crippen LogP contribution in [0.1, 0.15) is 33.3 Å². The number of rotatable bonds is 2. The molecule has 0 bridgehead atoms. The third-order valence-corrected chi connectivity index (χ3v) is 4.44. The third-order valence-electron chi connectivity index (χ3n) is 3.73. The largest absolute Gasteiger partial charge is 0.462 e. The fourth-order valence-electron chi connectivity index (χ4n) is 1.94. The summed E-state index contributed by atoms with van der Waals surface area (Å²) in [4.78, 5) is 0. The van der Waals surface area contributed by atoms with Crippen LogP contribution in [0.3, 0.4) is 0 Å². The van der Waals surface area contributed by atoms with Gasteiger partial charge >= 0.3 is 7.12 Å². The second-order valence-electron chi connectivity index (χ2n) is 5.59. The lowest BCUT2D eigenvalue weighted by Gasteiger charge is -2.32. The van der Waals surface area contributed by atoms with Crippen LogP contribution in [0, 0.1) is 0 Å². The molecule has 18 heavy (non-hydrogen) atoms. The second-order valence-corrected chi connectivity index (χ2v) is 6.40. The van der Waals surface area contributed by atoms with Crippen LogP contribution in [0.25, 0.3) is 0 Å². The van der Waals surface area contributed by atoms with Gasteiger partial charge < -0.3 is 9.31 Å². The Morgan fingerprint density at radius 3 is 1.89 bits per heavy atom. The van der Waals surface area contributed by atoms with Crippen LogP contribution >= 0.6 is 23.2 Å². The zero-order valence-electron chi connectivity index (χ0n) is 11.1. The molecule has 1 aromatic carbocycles. The fraction of sp³-hybridized carbons (Fsp3) is 0.538. The summed E-state index contributed by atoms with van der Waals surface area (Å²) >= 11 is 12.3. The highest BCUT2D eigenvalue weighted by Crippen LogP contribution is 2.38. The Hall–Kier alpha value is -0.215. The molecule has 0 aliphatic carbocycles. The molecule has 0 unspecified atom stereocenters. The minimum atomic E-state index is -0.328. The van der Waals surface area contributed by atoms with E-state index >= 15 is 0 Å². The summed E-state index contributed by atoms with van der Waals surface area (Å²) in [5, 5.41) is 1.30. The van der Waals surface area contributed by atoms with E-state index in [9.17, 15) is 0 Å². The normalized spacial score (nSPS) is 21.3. The van der Waals surface area contributed by atoms with Crippen LogP contribution in [0.15, 0.2) is 18.2 Å². The van der Waals surface area contributed by atoms with E-state index in [0.717, 1.165) is 5.56 Å². The highest BCUT2D eigenvalue weighted by Gasteiger charge is 2.51. The minimum Gasteiger partial charge on any atom is -0.403 e. The summed E-state index contributed by atoms with van der Waals surface area (Å²) in [5.74, 6) is 0. The van der Waals surface area contributed by atoms with Crippen molar-refractivity contribution in [2.24, 2.45) is 0 Å². The van der Waals surface area contributed by atoms with E-state index in [-0.39, 0.29) is 18.3 Å². The minimum absolute atomic E-state index is 0.313. The van der Waals surface area contributed by atoms with E-state index in [0.29, 0.717) is 16.4 Å². The first-order valence-electron chi connectivity index (χ1n) is 6.01. The summed E-state index contributed by atoms with van der Waals surface area (Å²) < 4.78 is 11.9. The lowest BCUT2D eigenvalue weighted by Crippen LogP contribution is -2.41. The standard InChI is InChI=1S/C13H17BCl2O2/c1-12(2)13(3,4)18-14(17-12)8-9-10(15)6-5-7-11(9)16/h5-7H,8H2,1-4H3. The summed E-state index contributed by atoms with van der Waals surface area (Å²) in [6.45, 7) is 8.12. The summed E-state index contributed by atoms with van der Waals surface area (Å²) in [6.07, 6.45) is 0.561. The molecular weight excluding hydrogens is 270 g/mol. The summed E-state index contributed by atoms with van der Waals surface area (Å²) in [7, 11) is -0.313. The third kappa shape index (κ3) is 2.55. The van der Waals surface area contributed by atoms with Crippen LogP contribution in [0.4, 0.5) is 0 Å². The number of hydrogen-bond donors (Lipinski definition) is 0. The van der Waals surface area contributed by atoms with E-state index in [1.165, 1.54) is 0 Å². The predicted octanol–water partition coefficient (Wildman–Crippen LogP) is 4.17. The molecule has 0 saturated carbocycles. The molecule has 1 aliphatic heterocycles. The maximum atomic E-state index is 6.15. The van der Waals surface area contributed by atoms with E-state index in [2.05, 4.69) is 0 Å². The highest BCUT2D eigenvalue weighted by atomic mass is 35.5. The van der Waals surface area contributed by atoms with Crippen molar-refractivity contribution in [2.45, 2.75) is 45.2 Å². The molecular formula is C13H17BCl2O2. The van der Waals surface area contributed by atoms with Crippen molar-refractivity contribution in [3.8, 4) is 0 Å². The predicted molar refractivity (Wildman–Crippen MR) is 76.2 cm³/mol. The second kappa shape index (κ2) is 4.71. The van der Waals surface area contributed by atoms with Gasteiger partial charge in [-0.2, -0.15) is 0 Å². The van der Waals surface area contributed by atoms with Crippen molar-refractivity contribution < 1.29 is 9.31 Å². The molecule has 1 aromatic rings. The monoisotopic (exact) mass is 286 g/mol. The highest BCUT2D eigenvalue weighted by molar-refractivity contribution is 6.46. The van der Waals surface area contributed by atoms with Crippen molar-refractivity contribution in [3.05, 3.63) is 33.8 Å². The van der Waals surface area contributed by atoms with E-state index in [1.54, 1.807) is 0 Å². The smallest absolute Gasteiger partial charge is 0.403 e. The maximum absolute atomic E-state index is 6.15. The van der Waals surface area contributed by atoms with Gasteiger partial charge in [0.2, 0.25) is 0 Å². The van der Waals surface area contributed by atoms with Gasteiger partial charge in [0, 0.05) is 16.4 Å². The molecule has 2 rings (SSSR count). The molecule has 1 aliphatic rings. The van der Waals surface area contributed by atoms with Crippen LogP contribution in [-0.4, -0.2) is 18.3 Å². The molecule has 0 radical (unpaired) electrons. The van der Waals surface area contributed by atoms with Gasteiger partial charge in [-0.3, -0.25) is 0 Å². The zero-order valence-corrected chi connectivity index (χ0v) is 12.6. The van der Waals surface area contributed by atoms with E-state index in [4.69, 9.17) is 32.5 Å². The van der Waals surface area contributed by atoms with E-state index < -0.39 is 0 Å². The van der Waals surface area contributed by atoms with Crippen LogP contribution in [0.2, 0.25) is 10.0 Å². The van der Waals surface area contributed by atoms with Crippen molar-refractivity contribution in [3.63, 3.8) is 0 Å². The zero-order chi connectivity index (χ0) is 13.6. The SMILES string of the molecule is CC1(C)OB(Cc2c(Cl)cccc2Cl)OC1(C)C. The van der Waals surface area contributed by atoms with Gasteiger partial charge in [-0.25, -0.2) is 0 Å². The fourth-order valence-corrected chi connectivity index (χ4v) is 2.49. The molecule has 0 N–H and O–H groups in total. The summed E-state index contributed by atoms with van der Waals surface area (Å²) in [6, 6.07) is 5.49. The molecule has 2 nitrogen and oxygen atoms in total.